The summed E-state index contributed by atoms with van der Waals surface area (Å²) in [7, 11) is -1.78. The van der Waals surface area contributed by atoms with E-state index < -0.39 is 8.32 Å². The number of rotatable bonds is 4. The molecule has 1 aliphatic heterocycles. The van der Waals surface area contributed by atoms with Gasteiger partial charge in [-0.3, -0.25) is 4.90 Å². The van der Waals surface area contributed by atoms with Crippen LogP contribution in [-0.4, -0.2) is 43.6 Å². The minimum Gasteiger partial charge on any atom is -0.413 e. The summed E-state index contributed by atoms with van der Waals surface area (Å²) in [5.74, 6) is 0. The number of benzene rings is 1. The Bertz CT molecular complexity index is 470. The molecule has 0 amide bonds. The van der Waals surface area contributed by atoms with Crippen molar-refractivity contribution >= 4 is 8.32 Å². The highest BCUT2D eigenvalue weighted by atomic mass is 28.4. The molecule has 0 radical (unpaired) electrons. The first-order chi connectivity index (χ1) is 10.2. The van der Waals surface area contributed by atoms with E-state index in [0.29, 0.717) is 0 Å². The zero-order chi connectivity index (χ0) is 16.4. The van der Waals surface area contributed by atoms with Gasteiger partial charge in [-0.05, 0) is 23.7 Å². The van der Waals surface area contributed by atoms with Gasteiger partial charge in [0.1, 0.15) is 0 Å². The monoisotopic (exact) mass is 321 g/mol. The molecular weight excluding hydrogens is 290 g/mol. The van der Waals surface area contributed by atoms with Crippen LogP contribution in [0.25, 0.3) is 0 Å². The SMILES string of the molecule is CC(C)(C)[Si](C)(C)O[C@@H]1C[C@H](O)CN(Cc2ccccc2)C1. The smallest absolute Gasteiger partial charge is 0.192 e. The van der Waals surface area contributed by atoms with E-state index in [4.69, 9.17) is 4.43 Å². The van der Waals surface area contributed by atoms with E-state index in [-0.39, 0.29) is 17.2 Å². The molecule has 3 nitrogen and oxygen atoms in total. The maximum absolute atomic E-state index is 10.2. The van der Waals surface area contributed by atoms with Gasteiger partial charge in [-0.1, -0.05) is 51.1 Å². The summed E-state index contributed by atoms with van der Waals surface area (Å²) < 4.78 is 6.52. The van der Waals surface area contributed by atoms with Crippen molar-refractivity contribution in [2.24, 2.45) is 0 Å². The first-order valence-corrected chi connectivity index (χ1v) is 11.2. The van der Waals surface area contributed by atoms with E-state index in [0.717, 1.165) is 26.1 Å². The number of aliphatic hydroxyl groups excluding tert-OH is 1. The highest BCUT2D eigenvalue weighted by Gasteiger charge is 2.40. The third-order valence-corrected chi connectivity index (χ3v) is 9.52. The van der Waals surface area contributed by atoms with Crippen LogP contribution >= 0.6 is 0 Å². The summed E-state index contributed by atoms with van der Waals surface area (Å²) >= 11 is 0. The number of piperidine rings is 1. The zero-order valence-corrected chi connectivity index (χ0v) is 15.7. The predicted molar refractivity (Wildman–Crippen MR) is 94.4 cm³/mol. The summed E-state index contributed by atoms with van der Waals surface area (Å²) in [6, 6.07) is 10.5. The normalized spacial score (nSPS) is 24.5. The van der Waals surface area contributed by atoms with Gasteiger partial charge in [0.05, 0.1) is 12.2 Å². The molecule has 1 heterocycles. The summed E-state index contributed by atoms with van der Waals surface area (Å²) in [6.07, 6.45) is 0.623. The van der Waals surface area contributed by atoms with Crippen LogP contribution in [0, 0.1) is 0 Å². The van der Waals surface area contributed by atoms with Crippen molar-refractivity contribution in [1.29, 1.82) is 0 Å². The Labute approximate surface area is 136 Å². The molecule has 1 N–H and O–H groups in total. The van der Waals surface area contributed by atoms with E-state index in [1.165, 1.54) is 5.56 Å². The van der Waals surface area contributed by atoms with E-state index in [9.17, 15) is 5.11 Å². The molecule has 124 valence electrons. The summed E-state index contributed by atoms with van der Waals surface area (Å²) in [6.45, 7) is 13.9. The van der Waals surface area contributed by atoms with Gasteiger partial charge >= 0.3 is 0 Å². The summed E-state index contributed by atoms with van der Waals surface area (Å²) in [5, 5.41) is 10.4. The van der Waals surface area contributed by atoms with Crippen molar-refractivity contribution in [3.8, 4) is 0 Å². The van der Waals surface area contributed by atoms with Crippen molar-refractivity contribution in [1.82, 2.24) is 4.90 Å². The quantitative estimate of drug-likeness (QED) is 0.859. The van der Waals surface area contributed by atoms with Gasteiger partial charge in [-0.25, -0.2) is 0 Å². The van der Waals surface area contributed by atoms with Crippen LogP contribution in [0.3, 0.4) is 0 Å². The summed E-state index contributed by atoms with van der Waals surface area (Å²) in [5.41, 5.74) is 1.29. The third-order valence-electron chi connectivity index (χ3n) is 4.98. The molecule has 22 heavy (non-hydrogen) atoms. The molecule has 0 unspecified atom stereocenters. The number of likely N-dealkylation sites (tertiary alicyclic amines) is 1. The van der Waals surface area contributed by atoms with Gasteiger partial charge in [0.25, 0.3) is 0 Å². The molecule has 1 aromatic rings. The lowest BCUT2D eigenvalue weighted by Gasteiger charge is -2.43. The van der Waals surface area contributed by atoms with E-state index >= 15 is 0 Å². The maximum atomic E-state index is 10.2. The Morgan fingerprint density at radius 3 is 2.41 bits per heavy atom. The first kappa shape index (κ1) is 17.7. The lowest BCUT2D eigenvalue weighted by Crippen LogP contribution is -2.52. The Kier molecular flexibility index (Phi) is 5.48. The topological polar surface area (TPSA) is 32.7 Å². The van der Waals surface area contributed by atoms with Crippen LogP contribution < -0.4 is 0 Å². The first-order valence-electron chi connectivity index (χ1n) is 8.29. The van der Waals surface area contributed by atoms with Crippen molar-refractivity contribution < 1.29 is 9.53 Å². The van der Waals surface area contributed by atoms with E-state index in [1.807, 2.05) is 6.07 Å². The standard InChI is InChI=1S/C18H31NO2Si/c1-18(2,3)22(4,5)21-17-11-16(20)13-19(14-17)12-15-9-7-6-8-10-15/h6-10,16-17,20H,11-14H2,1-5H3/t16-,17+/m0/s1. The maximum Gasteiger partial charge on any atom is 0.192 e. The van der Waals surface area contributed by atoms with Crippen LogP contribution in [0.4, 0.5) is 0 Å². The lowest BCUT2D eigenvalue weighted by molar-refractivity contribution is -0.00567. The molecule has 1 saturated heterocycles. The Morgan fingerprint density at radius 2 is 1.82 bits per heavy atom. The molecule has 1 aromatic carbocycles. The lowest BCUT2D eigenvalue weighted by atomic mass is 10.0. The van der Waals surface area contributed by atoms with E-state index in [1.54, 1.807) is 0 Å². The fraction of sp³-hybridized carbons (Fsp3) is 0.667. The highest BCUT2D eigenvalue weighted by Crippen LogP contribution is 2.38. The molecule has 0 spiro atoms. The van der Waals surface area contributed by atoms with Crippen molar-refractivity contribution in [2.45, 2.75) is 64.1 Å². The van der Waals surface area contributed by atoms with Crippen molar-refractivity contribution in [2.75, 3.05) is 13.1 Å². The van der Waals surface area contributed by atoms with Crippen LogP contribution in [0.15, 0.2) is 30.3 Å². The minimum absolute atomic E-state index is 0.147. The number of β-amino-alcohol motifs (C(OH)–C–C–N with tert-alkyl or cyclic N) is 1. The second-order valence-corrected chi connectivity index (χ2v) is 12.8. The fourth-order valence-corrected chi connectivity index (χ4v) is 4.12. The van der Waals surface area contributed by atoms with Crippen LogP contribution in [0.2, 0.25) is 18.1 Å². The molecule has 0 saturated carbocycles. The second kappa shape index (κ2) is 6.83. The van der Waals surface area contributed by atoms with Crippen molar-refractivity contribution in [3.63, 3.8) is 0 Å². The van der Waals surface area contributed by atoms with Crippen molar-refractivity contribution in [3.05, 3.63) is 35.9 Å². The Hall–Kier alpha value is -0.683. The molecule has 2 atom stereocenters. The van der Waals surface area contributed by atoms with Gasteiger partial charge in [0.15, 0.2) is 8.32 Å². The number of aliphatic hydroxyl groups is 1. The van der Waals surface area contributed by atoms with Gasteiger partial charge in [0.2, 0.25) is 0 Å². The fourth-order valence-electron chi connectivity index (χ4n) is 2.76. The van der Waals surface area contributed by atoms with Crippen LogP contribution in [0.1, 0.15) is 32.8 Å². The molecule has 2 rings (SSSR count). The highest BCUT2D eigenvalue weighted by molar-refractivity contribution is 6.74. The largest absolute Gasteiger partial charge is 0.413 e. The molecule has 1 aliphatic rings. The number of nitrogens with zero attached hydrogens (tertiary/aromatic N) is 1. The van der Waals surface area contributed by atoms with Gasteiger partial charge < -0.3 is 9.53 Å². The molecular formula is C18H31NO2Si. The molecule has 0 aromatic heterocycles. The molecule has 4 heteroatoms. The minimum atomic E-state index is -1.78. The molecule has 1 fully saturated rings. The zero-order valence-electron chi connectivity index (χ0n) is 14.7. The summed E-state index contributed by atoms with van der Waals surface area (Å²) in [4.78, 5) is 2.32. The van der Waals surface area contributed by atoms with Crippen LogP contribution in [-0.2, 0) is 11.0 Å². The molecule has 0 bridgehead atoms. The molecule has 0 aliphatic carbocycles. The number of hydrogen-bond donors (Lipinski definition) is 1. The predicted octanol–water partition coefficient (Wildman–Crippen LogP) is 3.64. The Balaban J connectivity index is 1.99. The van der Waals surface area contributed by atoms with E-state index in [2.05, 4.69) is 63.0 Å². The van der Waals surface area contributed by atoms with Crippen LogP contribution in [0.5, 0.6) is 0 Å². The third kappa shape index (κ3) is 4.65. The Morgan fingerprint density at radius 1 is 1.18 bits per heavy atom. The average Bonchev–Trinajstić information content (AvgIpc) is 2.37. The second-order valence-electron chi connectivity index (χ2n) is 8.07. The van der Waals surface area contributed by atoms with Gasteiger partial charge in [-0.2, -0.15) is 0 Å². The average molecular weight is 322 g/mol. The van der Waals surface area contributed by atoms with Gasteiger partial charge in [0, 0.05) is 26.1 Å². The van der Waals surface area contributed by atoms with Gasteiger partial charge in [-0.15, -0.1) is 0 Å². The number of hydrogen-bond acceptors (Lipinski definition) is 3.